The fourth-order valence-electron chi connectivity index (χ4n) is 2.33. The molecule has 21 heavy (non-hydrogen) atoms. The molecule has 3 N–H and O–H groups in total. The fraction of sp³-hybridized carbons (Fsp3) is 0.214. The Morgan fingerprint density at radius 1 is 1.24 bits per heavy atom. The molecule has 1 aromatic carbocycles. The van der Waals surface area contributed by atoms with E-state index in [1.165, 1.54) is 0 Å². The Morgan fingerprint density at radius 2 is 2.00 bits per heavy atom. The van der Waals surface area contributed by atoms with E-state index in [1.54, 1.807) is 24.2 Å². The van der Waals surface area contributed by atoms with E-state index >= 15 is 0 Å². The topological polar surface area (TPSA) is 90.9 Å². The summed E-state index contributed by atoms with van der Waals surface area (Å²) in [6.45, 7) is 0. The van der Waals surface area contributed by atoms with Crippen LogP contribution in [0.4, 0.5) is 0 Å². The van der Waals surface area contributed by atoms with Crippen LogP contribution in [0.5, 0.6) is 5.75 Å². The average Bonchev–Trinajstić information content (AvgIpc) is 2.89. The van der Waals surface area contributed by atoms with E-state index in [2.05, 4.69) is 20.5 Å². The monoisotopic (exact) mass is 284 g/mol. The van der Waals surface area contributed by atoms with E-state index in [0.717, 1.165) is 16.7 Å². The molecule has 0 radical (unpaired) electrons. The molecule has 0 spiro atoms. The summed E-state index contributed by atoms with van der Waals surface area (Å²) in [5.41, 5.74) is 5.92. The second-order valence-electron chi connectivity index (χ2n) is 4.61. The largest absolute Gasteiger partial charge is 0.493 e. The maximum atomic E-state index is 5.72. The van der Waals surface area contributed by atoms with Gasteiger partial charge in [0.15, 0.2) is 5.75 Å². The summed E-state index contributed by atoms with van der Waals surface area (Å²) >= 11 is 0. The minimum atomic E-state index is -0.357. The molecule has 7 heteroatoms. The predicted molar refractivity (Wildman–Crippen MR) is 78.5 cm³/mol. The van der Waals surface area contributed by atoms with Crippen molar-refractivity contribution in [3.8, 4) is 5.75 Å². The van der Waals surface area contributed by atoms with Crippen molar-refractivity contribution in [3.05, 3.63) is 48.0 Å². The molecule has 3 aromatic rings. The number of aromatic nitrogens is 4. The molecule has 2 heterocycles. The summed E-state index contributed by atoms with van der Waals surface area (Å²) in [5.74, 6) is 6.37. The van der Waals surface area contributed by atoms with Gasteiger partial charge in [-0.2, -0.15) is 5.10 Å². The van der Waals surface area contributed by atoms with Crippen molar-refractivity contribution in [2.24, 2.45) is 12.9 Å². The van der Waals surface area contributed by atoms with Crippen molar-refractivity contribution in [3.63, 3.8) is 0 Å². The highest BCUT2D eigenvalue weighted by molar-refractivity contribution is 5.73. The molecule has 108 valence electrons. The minimum Gasteiger partial charge on any atom is -0.493 e. The number of benzene rings is 1. The Morgan fingerprint density at radius 3 is 2.71 bits per heavy atom. The number of nitrogens with zero attached hydrogens (tertiary/aromatic N) is 4. The summed E-state index contributed by atoms with van der Waals surface area (Å²) in [6.07, 6.45) is 3.35. The lowest BCUT2D eigenvalue weighted by molar-refractivity contribution is 0.400. The van der Waals surface area contributed by atoms with Crippen LogP contribution < -0.4 is 16.0 Å². The lowest BCUT2D eigenvalue weighted by atomic mass is 10.1. The minimum absolute atomic E-state index is 0.357. The molecular formula is C14H16N6O. The number of rotatable bonds is 4. The maximum Gasteiger partial charge on any atom is 0.162 e. The van der Waals surface area contributed by atoms with Gasteiger partial charge in [0.1, 0.15) is 11.7 Å². The highest BCUT2D eigenvalue weighted by atomic mass is 16.5. The predicted octanol–water partition coefficient (Wildman–Crippen LogP) is 0.925. The Labute approximate surface area is 121 Å². The SMILES string of the molecule is COc1cnn(C)c1C(NN)c1cnc2ccccc2n1. The van der Waals surface area contributed by atoms with E-state index in [1.807, 2.05) is 31.3 Å². The smallest absolute Gasteiger partial charge is 0.162 e. The molecule has 1 atom stereocenters. The molecule has 0 fully saturated rings. The first-order valence-electron chi connectivity index (χ1n) is 6.48. The molecule has 0 aliphatic rings. The van der Waals surface area contributed by atoms with Crippen molar-refractivity contribution >= 4 is 11.0 Å². The lowest BCUT2D eigenvalue weighted by Crippen LogP contribution is -2.31. The zero-order valence-corrected chi connectivity index (χ0v) is 11.8. The number of methoxy groups -OCH3 is 1. The highest BCUT2D eigenvalue weighted by Gasteiger charge is 2.23. The second-order valence-corrected chi connectivity index (χ2v) is 4.61. The van der Waals surface area contributed by atoms with Gasteiger partial charge in [-0.25, -0.2) is 10.4 Å². The average molecular weight is 284 g/mol. The number of hydrogen-bond acceptors (Lipinski definition) is 6. The molecular weight excluding hydrogens is 268 g/mol. The third-order valence-corrected chi connectivity index (χ3v) is 3.37. The molecule has 0 saturated carbocycles. The van der Waals surface area contributed by atoms with Crippen LogP contribution in [0.1, 0.15) is 17.4 Å². The molecule has 7 nitrogen and oxygen atoms in total. The van der Waals surface area contributed by atoms with Crippen LogP contribution in [0, 0.1) is 0 Å². The van der Waals surface area contributed by atoms with Gasteiger partial charge in [0.2, 0.25) is 0 Å². The standard InChI is InChI=1S/C14H16N6O/c1-20-14(12(21-2)8-17-20)13(19-15)11-7-16-9-5-3-4-6-10(9)18-11/h3-8,13,19H,15H2,1-2H3. The highest BCUT2D eigenvalue weighted by Crippen LogP contribution is 2.28. The number of fused-ring (bicyclic) bond motifs is 1. The molecule has 0 amide bonds. The first-order valence-corrected chi connectivity index (χ1v) is 6.48. The van der Waals surface area contributed by atoms with Crippen LogP contribution in [-0.4, -0.2) is 26.9 Å². The lowest BCUT2D eigenvalue weighted by Gasteiger charge is -2.17. The number of hydrazine groups is 1. The molecule has 1 unspecified atom stereocenters. The van der Waals surface area contributed by atoms with Gasteiger partial charge >= 0.3 is 0 Å². The number of hydrogen-bond donors (Lipinski definition) is 2. The van der Waals surface area contributed by atoms with Crippen LogP contribution in [0.15, 0.2) is 36.7 Å². The van der Waals surface area contributed by atoms with E-state index < -0.39 is 0 Å². The van der Waals surface area contributed by atoms with Gasteiger partial charge in [0, 0.05) is 7.05 Å². The molecule has 3 rings (SSSR count). The van der Waals surface area contributed by atoms with E-state index in [4.69, 9.17) is 10.6 Å². The van der Waals surface area contributed by atoms with Gasteiger partial charge in [0.25, 0.3) is 0 Å². The number of para-hydroxylation sites is 2. The quantitative estimate of drug-likeness (QED) is 0.547. The van der Waals surface area contributed by atoms with E-state index in [9.17, 15) is 0 Å². The van der Waals surface area contributed by atoms with Crippen LogP contribution in [-0.2, 0) is 7.05 Å². The summed E-state index contributed by atoms with van der Waals surface area (Å²) in [7, 11) is 3.43. The summed E-state index contributed by atoms with van der Waals surface area (Å²) in [6, 6.07) is 7.33. The Balaban J connectivity index is 2.11. The number of nitrogens with two attached hydrogens (primary N) is 1. The summed E-state index contributed by atoms with van der Waals surface area (Å²) in [5, 5.41) is 4.19. The third-order valence-electron chi connectivity index (χ3n) is 3.37. The van der Waals surface area contributed by atoms with Crippen molar-refractivity contribution in [1.29, 1.82) is 0 Å². The van der Waals surface area contributed by atoms with Crippen molar-refractivity contribution in [1.82, 2.24) is 25.2 Å². The van der Waals surface area contributed by atoms with Gasteiger partial charge in [-0.15, -0.1) is 0 Å². The van der Waals surface area contributed by atoms with Gasteiger partial charge in [-0.05, 0) is 12.1 Å². The first kappa shape index (κ1) is 13.5. The van der Waals surface area contributed by atoms with Gasteiger partial charge in [-0.1, -0.05) is 12.1 Å². The van der Waals surface area contributed by atoms with Crippen molar-refractivity contribution < 1.29 is 4.74 Å². The number of aryl methyl sites for hydroxylation is 1. The summed E-state index contributed by atoms with van der Waals surface area (Å²) < 4.78 is 7.04. The normalized spacial score (nSPS) is 12.5. The number of ether oxygens (including phenoxy) is 1. The van der Waals surface area contributed by atoms with Crippen LogP contribution in [0.2, 0.25) is 0 Å². The van der Waals surface area contributed by atoms with Crippen LogP contribution in [0.3, 0.4) is 0 Å². The Kier molecular flexibility index (Phi) is 3.51. The fourth-order valence-corrected chi connectivity index (χ4v) is 2.33. The van der Waals surface area contributed by atoms with E-state index in [-0.39, 0.29) is 6.04 Å². The molecule has 0 aliphatic carbocycles. The zero-order chi connectivity index (χ0) is 14.8. The maximum absolute atomic E-state index is 5.72. The Bertz CT molecular complexity index is 769. The second kappa shape index (κ2) is 5.47. The third kappa shape index (κ3) is 2.32. The molecule has 0 aliphatic heterocycles. The van der Waals surface area contributed by atoms with Gasteiger partial charge < -0.3 is 4.74 Å². The first-order chi connectivity index (χ1) is 10.2. The number of nitrogens with one attached hydrogen (secondary N) is 1. The molecule has 2 aromatic heterocycles. The molecule has 0 bridgehead atoms. The summed E-state index contributed by atoms with van der Waals surface area (Å²) in [4.78, 5) is 9.03. The van der Waals surface area contributed by atoms with Crippen LogP contribution >= 0.6 is 0 Å². The van der Waals surface area contributed by atoms with Crippen molar-refractivity contribution in [2.45, 2.75) is 6.04 Å². The van der Waals surface area contributed by atoms with Gasteiger partial charge in [-0.3, -0.25) is 15.5 Å². The zero-order valence-electron chi connectivity index (χ0n) is 11.8. The van der Waals surface area contributed by atoms with Crippen LogP contribution in [0.25, 0.3) is 11.0 Å². The van der Waals surface area contributed by atoms with Gasteiger partial charge in [0.05, 0.1) is 36.2 Å². The molecule has 0 saturated heterocycles. The van der Waals surface area contributed by atoms with Crippen molar-refractivity contribution in [2.75, 3.05) is 7.11 Å². The Hall–Kier alpha value is -2.51. The van der Waals surface area contributed by atoms with E-state index in [0.29, 0.717) is 11.4 Å².